The zero-order chi connectivity index (χ0) is 14.4. The minimum absolute atomic E-state index is 0.938. The van der Waals surface area contributed by atoms with Crippen LogP contribution in [-0.2, 0) is 20.0 Å². The van der Waals surface area contributed by atoms with Gasteiger partial charge in [-0.1, -0.05) is 25.1 Å². The molecule has 110 valence electrons. The number of hydrogen-bond acceptors (Lipinski definition) is 4. The first-order chi connectivity index (χ1) is 9.70. The number of aromatic nitrogens is 5. The highest BCUT2D eigenvalue weighted by Crippen LogP contribution is 2.17. The fourth-order valence-corrected chi connectivity index (χ4v) is 3.01. The molecule has 2 heterocycles. The third-order valence-electron chi connectivity index (χ3n) is 3.27. The lowest BCUT2D eigenvalue weighted by Gasteiger charge is -2.03. The van der Waals surface area contributed by atoms with Crippen LogP contribution in [0, 0.1) is 6.92 Å². The van der Waals surface area contributed by atoms with Crippen molar-refractivity contribution in [2.75, 3.05) is 5.75 Å². The van der Waals surface area contributed by atoms with Crippen molar-refractivity contribution in [1.29, 1.82) is 0 Å². The monoisotopic (exact) mass is 293 g/mol. The topological polar surface area (TPSA) is 48.5 Å². The Bertz CT molecular complexity index is 531. The summed E-state index contributed by atoms with van der Waals surface area (Å²) in [5.41, 5.74) is 1.23. The molecular weight excluding hydrogens is 270 g/mol. The summed E-state index contributed by atoms with van der Waals surface area (Å²) in [6.45, 7) is 5.20. The maximum atomic E-state index is 4.29. The molecule has 2 aromatic heterocycles. The maximum Gasteiger partial charge on any atom is 0.190 e. The van der Waals surface area contributed by atoms with E-state index in [9.17, 15) is 0 Å². The van der Waals surface area contributed by atoms with Gasteiger partial charge in [-0.25, -0.2) is 0 Å². The molecule has 5 nitrogen and oxygen atoms in total. The molecule has 20 heavy (non-hydrogen) atoms. The Labute approximate surface area is 124 Å². The standard InChI is InChI=1S/C14H23N5S/c1-4-13-16-17-14(18(13)3)20-9-7-5-6-8-19-11-12(2)10-15-19/h10-11H,4-9H2,1-3H3. The van der Waals surface area contributed by atoms with E-state index in [4.69, 9.17) is 0 Å². The van der Waals surface area contributed by atoms with Gasteiger partial charge in [0.2, 0.25) is 0 Å². The maximum absolute atomic E-state index is 4.29. The van der Waals surface area contributed by atoms with Crippen LogP contribution in [0.4, 0.5) is 0 Å². The summed E-state index contributed by atoms with van der Waals surface area (Å²) in [6.07, 6.45) is 8.56. The minimum atomic E-state index is 0.938. The Balaban J connectivity index is 1.60. The number of aryl methyl sites for hydroxylation is 3. The van der Waals surface area contributed by atoms with Crippen LogP contribution < -0.4 is 0 Å². The number of unbranched alkanes of at least 4 members (excludes halogenated alkanes) is 2. The molecule has 0 aliphatic carbocycles. The summed E-state index contributed by atoms with van der Waals surface area (Å²) in [5.74, 6) is 2.16. The summed E-state index contributed by atoms with van der Waals surface area (Å²) in [5, 5.41) is 13.7. The second kappa shape index (κ2) is 7.47. The Hall–Kier alpha value is -1.30. The van der Waals surface area contributed by atoms with Gasteiger partial charge in [0.15, 0.2) is 5.16 Å². The first-order valence-corrected chi connectivity index (χ1v) is 8.19. The van der Waals surface area contributed by atoms with Gasteiger partial charge < -0.3 is 4.57 Å². The van der Waals surface area contributed by atoms with Crippen LogP contribution in [0.5, 0.6) is 0 Å². The van der Waals surface area contributed by atoms with Crippen LogP contribution in [-0.4, -0.2) is 30.3 Å². The molecule has 0 N–H and O–H groups in total. The predicted octanol–water partition coefficient (Wildman–Crippen LogP) is 2.85. The molecule has 0 saturated carbocycles. The van der Waals surface area contributed by atoms with Crippen molar-refractivity contribution in [3.8, 4) is 0 Å². The molecule has 0 spiro atoms. The third-order valence-corrected chi connectivity index (χ3v) is 4.37. The molecule has 2 aromatic rings. The van der Waals surface area contributed by atoms with Crippen LogP contribution >= 0.6 is 11.8 Å². The van der Waals surface area contributed by atoms with Crippen LogP contribution in [0.15, 0.2) is 17.6 Å². The SMILES string of the molecule is CCc1nnc(SCCCCCn2cc(C)cn2)n1C. The molecule has 0 saturated heterocycles. The number of thioether (sulfide) groups is 1. The third kappa shape index (κ3) is 4.10. The van der Waals surface area contributed by atoms with Crippen molar-refractivity contribution in [3.63, 3.8) is 0 Å². The molecule has 0 unspecified atom stereocenters. The van der Waals surface area contributed by atoms with Crippen molar-refractivity contribution in [3.05, 3.63) is 23.8 Å². The zero-order valence-electron chi connectivity index (χ0n) is 12.5. The lowest BCUT2D eigenvalue weighted by atomic mass is 10.2. The van der Waals surface area contributed by atoms with Gasteiger partial charge in [0.25, 0.3) is 0 Å². The van der Waals surface area contributed by atoms with E-state index in [2.05, 4.69) is 39.9 Å². The first kappa shape index (κ1) is 15.1. The molecule has 0 atom stereocenters. The quantitative estimate of drug-likeness (QED) is 0.555. The van der Waals surface area contributed by atoms with Crippen molar-refractivity contribution in [2.24, 2.45) is 7.05 Å². The van der Waals surface area contributed by atoms with Gasteiger partial charge in [0, 0.05) is 32.0 Å². The van der Waals surface area contributed by atoms with E-state index in [1.54, 1.807) is 11.8 Å². The van der Waals surface area contributed by atoms with Gasteiger partial charge in [-0.2, -0.15) is 5.10 Å². The number of nitrogens with zero attached hydrogens (tertiary/aromatic N) is 5. The molecule has 0 amide bonds. The van der Waals surface area contributed by atoms with E-state index < -0.39 is 0 Å². The van der Waals surface area contributed by atoms with Gasteiger partial charge in [-0.15, -0.1) is 10.2 Å². The van der Waals surface area contributed by atoms with Crippen LogP contribution in [0.3, 0.4) is 0 Å². The van der Waals surface area contributed by atoms with E-state index in [-0.39, 0.29) is 0 Å². The highest BCUT2D eigenvalue weighted by Gasteiger charge is 2.06. The highest BCUT2D eigenvalue weighted by atomic mass is 32.2. The van der Waals surface area contributed by atoms with E-state index in [0.717, 1.165) is 29.7 Å². The van der Waals surface area contributed by atoms with E-state index in [0.29, 0.717) is 0 Å². The summed E-state index contributed by atoms with van der Waals surface area (Å²) in [4.78, 5) is 0. The molecule has 0 aliphatic rings. The fourth-order valence-electron chi connectivity index (χ4n) is 2.08. The summed E-state index contributed by atoms with van der Waals surface area (Å²) < 4.78 is 4.12. The first-order valence-electron chi connectivity index (χ1n) is 7.21. The van der Waals surface area contributed by atoms with Crippen molar-refractivity contribution in [2.45, 2.75) is 51.2 Å². The summed E-state index contributed by atoms with van der Waals surface area (Å²) in [7, 11) is 2.04. The largest absolute Gasteiger partial charge is 0.309 e. The molecule has 2 rings (SSSR count). The second-order valence-corrected chi connectivity index (χ2v) is 6.06. The van der Waals surface area contributed by atoms with Crippen molar-refractivity contribution < 1.29 is 0 Å². The van der Waals surface area contributed by atoms with Gasteiger partial charge in [0.05, 0.1) is 6.20 Å². The Kier molecular flexibility index (Phi) is 5.64. The van der Waals surface area contributed by atoms with E-state index in [1.165, 1.54) is 24.8 Å². The predicted molar refractivity (Wildman–Crippen MR) is 81.9 cm³/mol. The van der Waals surface area contributed by atoms with Gasteiger partial charge in [0.1, 0.15) is 5.82 Å². The Morgan fingerprint density at radius 3 is 2.70 bits per heavy atom. The highest BCUT2D eigenvalue weighted by molar-refractivity contribution is 7.99. The van der Waals surface area contributed by atoms with Crippen molar-refractivity contribution in [1.82, 2.24) is 24.5 Å². The molecular formula is C14H23N5S. The number of hydrogen-bond donors (Lipinski definition) is 0. The van der Waals surface area contributed by atoms with Crippen molar-refractivity contribution >= 4 is 11.8 Å². The summed E-state index contributed by atoms with van der Waals surface area (Å²) >= 11 is 1.80. The molecule has 0 fully saturated rings. The second-order valence-electron chi connectivity index (χ2n) is 5.00. The van der Waals surface area contributed by atoms with Crippen LogP contribution in [0.1, 0.15) is 37.6 Å². The van der Waals surface area contributed by atoms with Crippen LogP contribution in [0.25, 0.3) is 0 Å². The lowest BCUT2D eigenvalue weighted by molar-refractivity contribution is 0.554. The van der Waals surface area contributed by atoms with Crippen LogP contribution in [0.2, 0.25) is 0 Å². The number of rotatable bonds is 8. The van der Waals surface area contributed by atoms with Gasteiger partial charge in [-0.05, 0) is 25.3 Å². The Morgan fingerprint density at radius 1 is 1.20 bits per heavy atom. The molecule has 0 aromatic carbocycles. The van der Waals surface area contributed by atoms with Gasteiger partial charge in [-0.3, -0.25) is 4.68 Å². The van der Waals surface area contributed by atoms with E-state index >= 15 is 0 Å². The fraction of sp³-hybridized carbons (Fsp3) is 0.643. The zero-order valence-corrected chi connectivity index (χ0v) is 13.4. The smallest absolute Gasteiger partial charge is 0.190 e. The average Bonchev–Trinajstić information content (AvgIpc) is 3.00. The molecule has 0 radical (unpaired) electrons. The molecule has 0 bridgehead atoms. The summed E-state index contributed by atoms with van der Waals surface area (Å²) in [6, 6.07) is 0. The average molecular weight is 293 g/mol. The molecule has 0 aliphatic heterocycles. The molecule has 6 heteroatoms. The van der Waals surface area contributed by atoms with E-state index in [1.807, 2.05) is 17.9 Å². The lowest BCUT2D eigenvalue weighted by Crippen LogP contribution is -1.99. The minimum Gasteiger partial charge on any atom is -0.309 e. The van der Waals surface area contributed by atoms with Gasteiger partial charge >= 0.3 is 0 Å². The Morgan fingerprint density at radius 2 is 2.05 bits per heavy atom. The normalized spacial score (nSPS) is 11.2.